The molecule has 1 aliphatic heterocycles. The first-order valence-electron chi connectivity index (χ1n) is 7.26. The van der Waals surface area contributed by atoms with Crippen LogP contribution >= 0.6 is 0 Å². The fraction of sp³-hybridized carbons (Fsp3) is 0.176. The van der Waals surface area contributed by atoms with E-state index in [1.807, 2.05) is 6.07 Å². The maximum absolute atomic E-state index is 12.1. The molecule has 0 aliphatic carbocycles. The number of para-hydroxylation sites is 3. The molecule has 2 aromatic carbocycles. The van der Waals surface area contributed by atoms with Crippen molar-refractivity contribution in [3.63, 3.8) is 0 Å². The molecule has 0 fully saturated rings. The smallest absolute Gasteiger partial charge is 0.284 e. The standard InChI is InChI=1S/C17H16N2O5/c1-22-14-8-4-5-11(16(14)20)9-18-19-17(21)15-10-23-12-6-2-3-7-13(12)24-15/h2-9,15,20H,10H2,1H3,(H,19,21)/b18-9-. The van der Waals surface area contributed by atoms with Crippen molar-refractivity contribution >= 4 is 12.1 Å². The van der Waals surface area contributed by atoms with Gasteiger partial charge in [0.1, 0.15) is 6.61 Å². The number of hydrogen-bond acceptors (Lipinski definition) is 6. The van der Waals surface area contributed by atoms with E-state index in [-0.39, 0.29) is 12.4 Å². The molecule has 0 aromatic heterocycles. The zero-order valence-corrected chi connectivity index (χ0v) is 12.9. The SMILES string of the molecule is COc1cccc(/C=N\NC(=O)C2COc3ccccc3O2)c1O. The van der Waals surface area contributed by atoms with E-state index in [1.54, 1.807) is 36.4 Å². The lowest BCUT2D eigenvalue weighted by molar-refractivity contribution is -0.130. The van der Waals surface area contributed by atoms with E-state index in [9.17, 15) is 9.90 Å². The molecule has 0 saturated carbocycles. The molecule has 2 aromatic rings. The zero-order valence-electron chi connectivity index (χ0n) is 12.9. The third-order valence-electron chi connectivity index (χ3n) is 3.43. The van der Waals surface area contributed by atoms with Gasteiger partial charge in [-0.1, -0.05) is 18.2 Å². The van der Waals surface area contributed by atoms with E-state index in [4.69, 9.17) is 14.2 Å². The van der Waals surface area contributed by atoms with Crippen LogP contribution in [-0.2, 0) is 4.79 Å². The van der Waals surface area contributed by atoms with Crippen LogP contribution in [0.15, 0.2) is 47.6 Å². The Bertz CT molecular complexity index is 775. The largest absolute Gasteiger partial charge is 0.504 e. The Hall–Kier alpha value is -3.22. The minimum absolute atomic E-state index is 0.0517. The predicted octanol–water partition coefficient (Wildman–Crippen LogP) is 1.69. The van der Waals surface area contributed by atoms with E-state index < -0.39 is 12.0 Å². The molecule has 3 rings (SSSR count). The van der Waals surface area contributed by atoms with E-state index in [2.05, 4.69) is 10.5 Å². The summed E-state index contributed by atoms with van der Waals surface area (Å²) in [6.07, 6.45) is 0.531. The second-order valence-corrected chi connectivity index (χ2v) is 5.00. The highest BCUT2D eigenvalue weighted by Crippen LogP contribution is 2.31. The summed E-state index contributed by atoms with van der Waals surface area (Å²) >= 11 is 0. The first-order chi connectivity index (χ1) is 11.7. The average Bonchev–Trinajstić information content (AvgIpc) is 2.62. The van der Waals surface area contributed by atoms with Crippen LogP contribution in [0.2, 0.25) is 0 Å². The Kier molecular flexibility index (Phi) is 4.51. The van der Waals surface area contributed by atoms with Gasteiger partial charge in [0, 0.05) is 5.56 Å². The summed E-state index contributed by atoms with van der Waals surface area (Å²) in [6.45, 7) is 0.1000. The number of carbonyl (C=O) groups is 1. The van der Waals surface area contributed by atoms with Crippen LogP contribution in [-0.4, -0.2) is 37.0 Å². The summed E-state index contributed by atoms with van der Waals surface area (Å²) in [7, 11) is 1.45. The van der Waals surface area contributed by atoms with Gasteiger partial charge in [-0.25, -0.2) is 5.43 Å². The van der Waals surface area contributed by atoms with Crippen LogP contribution in [0.3, 0.4) is 0 Å². The van der Waals surface area contributed by atoms with Crippen molar-refractivity contribution in [3.8, 4) is 23.0 Å². The van der Waals surface area contributed by atoms with Crippen LogP contribution in [0.1, 0.15) is 5.56 Å². The van der Waals surface area contributed by atoms with Gasteiger partial charge in [-0.2, -0.15) is 5.10 Å². The number of aromatic hydroxyl groups is 1. The number of benzene rings is 2. The molecular weight excluding hydrogens is 312 g/mol. The summed E-state index contributed by atoms with van der Waals surface area (Å²) in [4.78, 5) is 12.1. The van der Waals surface area contributed by atoms with Crippen molar-refractivity contribution in [1.82, 2.24) is 5.43 Å². The Morgan fingerprint density at radius 3 is 2.88 bits per heavy atom. The Morgan fingerprint density at radius 2 is 2.08 bits per heavy atom. The number of phenolic OH excluding ortho intramolecular Hbond substituents is 1. The number of carbonyl (C=O) groups excluding carboxylic acids is 1. The topological polar surface area (TPSA) is 89.4 Å². The Labute approximate surface area is 138 Å². The van der Waals surface area contributed by atoms with Crippen LogP contribution in [0.5, 0.6) is 23.0 Å². The predicted molar refractivity (Wildman–Crippen MR) is 86.7 cm³/mol. The molecule has 24 heavy (non-hydrogen) atoms. The first kappa shape index (κ1) is 15.7. The number of nitrogens with zero attached hydrogens (tertiary/aromatic N) is 1. The molecule has 0 radical (unpaired) electrons. The van der Waals surface area contributed by atoms with Gasteiger partial charge in [-0.05, 0) is 24.3 Å². The summed E-state index contributed by atoms with van der Waals surface area (Å²) in [5, 5.41) is 13.8. The Morgan fingerprint density at radius 1 is 1.29 bits per heavy atom. The second-order valence-electron chi connectivity index (χ2n) is 5.00. The molecular formula is C17H16N2O5. The normalized spacial score (nSPS) is 16.0. The van der Waals surface area contributed by atoms with Gasteiger partial charge in [0.25, 0.3) is 5.91 Å². The van der Waals surface area contributed by atoms with E-state index in [0.29, 0.717) is 22.8 Å². The van der Waals surface area contributed by atoms with Crippen molar-refractivity contribution < 1.29 is 24.1 Å². The summed E-state index contributed by atoms with van der Waals surface area (Å²) < 4.78 is 16.1. The lowest BCUT2D eigenvalue weighted by Crippen LogP contribution is -2.42. The average molecular weight is 328 g/mol. The maximum atomic E-state index is 12.1. The molecule has 7 heteroatoms. The monoisotopic (exact) mass is 328 g/mol. The van der Waals surface area contributed by atoms with Gasteiger partial charge in [-0.3, -0.25) is 4.79 Å². The van der Waals surface area contributed by atoms with Crippen molar-refractivity contribution in [3.05, 3.63) is 48.0 Å². The Balaban J connectivity index is 1.62. The molecule has 0 saturated heterocycles. The van der Waals surface area contributed by atoms with Crippen LogP contribution in [0.4, 0.5) is 0 Å². The first-order valence-corrected chi connectivity index (χ1v) is 7.26. The molecule has 1 unspecified atom stereocenters. The van der Waals surface area contributed by atoms with Gasteiger partial charge in [-0.15, -0.1) is 0 Å². The maximum Gasteiger partial charge on any atom is 0.284 e. The minimum Gasteiger partial charge on any atom is -0.504 e. The number of hydrogen-bond donors (Lipinski definition) is 2. The molecule has 0 spiro atoms. The fourth-order valence-electron chi connectivity index (χ4n) is 2.19. The van der Waals surface area contributed by atoms with Crippen molar-refractivity contribution in [1.29, 1.82) is 0 Å². The van der Waals surface area contributed by atoms with Gasteiger partial charge in [0.05, 0.1) is 13.3 Å². The van der Waals surface area contributed by atoms with Gasteiger partial charge in [0.15, 0.2) is 23.0 Å². The molecule has 1 aliphatic rings. The fourth-order valence-corrected chi connectivity index (χ4v) is 2.19. The van der Waals surface area contributed by atoms with E-state index in [0.717, 1.165) is 0 Å². The highest BCUT2D eigenvalue weighted by molar-refractivity contribution is 5.87. The minimum atomic E-state index is -0.795. The third-order valence-corrected chi connectivity index (χ3v) is 3.43. The number of amides is 1. The zero-order chi connectivity index (χ0) is 16.9. The third kappa shape index (κ3) is 3.24. The number of nitrogens with one attached hydrogen (secondary N) is 1. The molecule has 1 amide bonds. The number of methoxy groups -OCH3 is 1. The number of hydrazone groups is 1. The number of ether oxygens (including phenoxy) is 3. The summed E-state index contributed by atoms with van der Waals surface area (Å²) in [6, 6.07) is 12.1. The molecule has 0 bridgehead atoms. The van der Waals surface area contributed by atoms with Gasteiger partial charge in [0.2, 0.25) is 6.10 Å². The van der Waals surface area contributed by atoms with Crippen molar-refractivity contribution in [2.75, 3.05) is 13.7 Å². The van der Waals surface area contributed by atoms with Crippen molar-refractivity contribution in [2.24, 2.45) is 5.10 Å². The number of rotatable bonds is 4. The van der Waals surface area contributed by atoms with Crippen molar-refractivity contribution in [2.45, 2.75) is 6.10 Å². The quantitative estimate of drug-likeness (QED) is 0.658. The van der Waals surface area contributed by atoms with Crippen LogP contribution < -0.4 is 19.6 Å². The number of phenols is 1. The molecule has 2 N–H and O–H groups in total. The number of fused-ring (bicyclic) bond motifs is 1. The summed E-state index contributed by atoms with van der Waals surface area (Å²) in [5.41, 5.74) is 2.79. The highest BCUT2D eigenvalue weighted by atomic mass is 16.6. The molecule has 7 nitrogen and oxygen atoms in total. The van der Waals surface area contributed by atoms with Gasteiger partial charge >= 0.3 is 0 Å². The van der Waals surface area contributed by atoms with Gasteiger partial charge < -0.3 is 19.3 Å². The second kappa shape index (κ2) is 6.91. The molecule has 1 atom stereocenters. The van der Waals surface area contributed by atoms with E-state index in [1.165, 1.54) is 13.3 Å². The highest BCUT2D eigenvalue weighted by Gasteiger charge is 2.26. The lowest BCUT2D eigenvalue weighted by Gasteiger charge is -2.24. The summed E-state index contributed by atoms with van der Waals surface area (Å²) in [5.74, 6) is 0.947. The van der Waals surface area contributed by atoms with E-state index >= 15 is 0 Å². The van der Waals surface area contributed by atoms with Crippen LogP contribution in [0.25, 0.3) is 0 Å². The molecule has 1 heterocycles. The lowest BCUT2D eigenvalue weighted by atomic mass is 10.2. The van der Waals surface area contributed by atoms with Crippen LogP contribution in [0, 0.1) is 0 Å². The molecule has 124 valence electrons.